The Bertz CT molecular complexity index is 547. The van der Waals surface area contributed by atoms with Crippen molar-refractivity contribution < 1.29 is 9.53 Å². The predicted octanol–water partition coefficient (Wildman–Crippen LogP) is 4.13. The smallest absolute Gasteiger partial charge is 0.270 e. The van der Waals surface area contributed by atoms with Crippen LogP contribution in [0.5, 0.6) is 0 Å². The fraction of sp³-hybridized carbons (Fsp3) is 0.688. The van der Waals surface area contributed by atoms with Crippen molar-refractivity contribution in [1.82, 2.24) is 9.88 Å². The molecule has 6 heteroatoms. The van der Waals surface area contributed by atoms with Crippen molar-refractivity contribution in [3.8, 4) is 0 Å². The Balaban J connectivity index is 1.77. The summed E-state index contributed by atoms with van der Waals surface area (Å²) in [6.07, 6.45) is 5.94. The lowest BCUT2D eigenvalue weighted by Gasteiger charge is -2.56. The maximum Gasteiger partial charge on any atom is 0.270 e. The number of nitrogens with zero attached hydrogens (tertiary/aromatic N) is 1. The van der Waals surface area contributed by atoms with Crippen molar-refractivity contribution in [1.29, 1.82) is 0 Å². The number of ether oxygens (including phenoxy) is 1. The van der Waals surface area contributed by atoms with Crippen LogP contribution in [0.1, 0.15) is 49.5 Å². The van der Waals surface area contributed by atoms with E-state index in [4.69, 9.17) is 27.9 Å². The number of amides is 1. The van der Waals surface area contributed by atoms with Gasteiger partial charge in [-0.05, 0) is 32.3 Å². The van der Waals surface area contributed by atoms with Crippen LogP contribution in [0.25, 0.3) is 0 Å². The van der Waals surface area contributed by atoms with Crippen LogP contribution in [-0.2, 0) is 4.74 Å². The molecule has 1 aromatic rings. The topological polar surface area (TPSA) is 45.3 Å². The Morgan fingerprint density at radius 1 is 1.45 bits per heavy atom. The van der Waals surface area contributed by atoms with Crippen molar-refractivity contribution in [3.05, 3.63) is 21.9 Å². The molecule has 0 saturated heterocycles. The molecule has 0 aliphatic heterocycles. The summed E-state index contributed by atoms with van der Waals surface area (Å²) in [7, 11) is 1.87. The van der Waals surface area contributed by atoms with Crippen LogP contribution < -0.4 is 0 Å². The third-order valence-electron chi connectivity index (χ3n) is 5.39. The number of carbonyl (C=O) groups excluding carboxylic acids is 1. The molecule has 3 rings (SSSR count). The van der Waals surface area contributed by atoms with Crippen LogP contribution in [-0.4, -0.2) is 41.6 Å². The van der Waals surface area contributed by atoms with Crippen molar-refractivity contribution in [2.75, 3.05) is 13.7 Å². The van der Waals surface area contributed by atoms with E-state index < -0.39 is 0 Å². The first-order chi connectivity index (χ1) is 10.5. The first-order valence-electron chi connectivity index (χ1n) is 7.92. The van der Waals surface area contributed by atoms with E-state index >= 15 is 0 Å². The standard InChI is InChI=1S/C16H22Cl2N2O2/c1-3-22-13-9-12(16(13)6-4-5-7-16)20(2)15(21)11-8-10(17)14(18)19-11/h8,12-13,19H,3-7,9H2,1-2H3/t12-,13+/m1/s1. The molecule has 2 fully saturated rings. The molecule has 0 aromatic carbocycles. The Labute approximate surface area is 141 Å². The van der Waals surface area contributed by atoms with E-state index in [1.165, 1.54) is 12.8 Å². The van der Waals surface area contributed by atoms with E-state index in [0.29, 0.717) is 15.9 Å². The molecule has 1 spiro atoms. The number of H-pyrrole nitrogens is 1. The minimum atomic E-state index is -0.0555. The fourth-order valence-corrected chi connectivity index (χ4v) is 4.56. The molecule has 2 saturated carbocycles. The van der Waals surface area contributed by atoms with Crippen LogP contribution in [0.2, 0.25) is 10.2 Å². The SMILES string of the molecule is CCO[C@H]1C[C@@H](N(C)C(=O)c2cc(Cl)c(Cl)[nH]2)C12CCCC2. The molecule has 0 bridgehead atoms. The summed E-state index contributed by atoms with van der Waals surface area (Å²) in [5.74, 6) is -0.0555. The van der Waals surface area contributed by atoms with E-state index in [1.807, 2.05) is 18.9 Å². The number of rotatable bonds is 4. The van der Waals surface area contributed by atoms with Gasteiger partial charge in [-0.1, -0.05) is 36.0 Å². The monoisotopic (exact) mass is 344 g/mol. The third kappa shape index (κ3) is 2.45. The zero-order valence-corrected chi connectivity index (χ0v) is 14.5. The van der Waals surface area contributed by atoms with Crippen molar-refractivity contribution in [3.63, 3.8) is 0 Å². The summed E-state index contributed by atoms with van der Waals surface area (Å²) in [6.45, 7) is 2.77. The van der Waals surface area contributed by atoms with Gasteiger partial charge in [0.1, 0.15) is 10.8 Å². The van der Waals surface area contributed by atoms with Crippen molar-refractivity contribution in [2.45, 2.75) is 51.2 Å². The lowest BCUT2D eigenvalue weighted by Crippen LogP contribution is -2.64. The molecular formula is C16H22Cl2N2O2. The van der Waals surface area contributed by atoms with Crippen LogP contribution in [0.15, 0.2) is 6.07 Å². The summed E-state index contributed by atoms with van der Waals surface area (Å²) >= 11 is 11.8. The molecule has 22 heavy (non-hydrogen) atoms. The van der Waals surface area contributed by atoms with Gasteiger partial charge in [-0.15, -0.1) is 0 Å². The second kappa shape index (κ2) is 6.06. The number of carbonyl (C=O) groups is 1. The first-order valence-corrected chi connectivity index (χ1v) is 8.68. The van der Waals surface area contributed by atoms with E-state index in [2.05, 4.69) is 4.98 Å². The van der Waals surface area contributed by atoms with Gasteiger partial charge >= 0.3 is 0 Å². The summed E-state index contributed by atoms with van der Waals surface area (Å²) in [4.78, 5) is 17.4. The van der Waals surface area contributed by atoms with Crippen LogP contribution >= 0.6 is 23.2 Å². The molecule has 1 N–H and O–H groups in total. The van der Waals surface area contributed by atoms with Crippen LogP contribution in [0.4, 0.5) is 0 Å². The first kappa shape index (κ1) is 16.2. The van der Waals surface area contributed by atoms with Gasteiger partial charge in [-0.3, -0.25) is 4.79 Å². The molecule has 1 aromatic heterocycles. The quantitative estimate of drug-likeness (QED) is 0.892. The predicted molar refractivity (Wildman–Crippen MR) is 87.6 cm³/mol. The number of aromatic nitrogens is 1. The zero-order valence-electron chi connectivity index (χ0n) is 13.0. The van der Waals surface area contributed by atoms with E-state index in [9.17, 15) is 4.79 Å². The number of aromatic amines is 1. The Kier molecular flexibility index (Phi) is 4.45. The van der Waals surface area contributed by atoms with Crippen LogP contribution in [0, 0.1) is 5.41 Å². The Hall–Kier alpha value is -0.710. The lowest BCUT2D eigenvalue weighted by molar-refractivity contribution is -0.152. The van der Waals surface area contributed by atoms with E-state index in [1.54, 1.807) is 6.07 Å². The molecule has 2 aliphatic carbocycles. The van der Waals surface area contributed by atoms with Crippen molar-refractivity contribution >= 4 is 29.1 Å². The second-order valence-corrected chi connectivity index (χ2v) is 7.18. The van der Waals surface area contributed by atoms with Gasteiger partial charge in [-0.2, -0.15) is 0 Å². The Morgan fingerprint density at radius 2 is 2.14 bits per heavy atom. The molecule has 4 nitrogen and oxygen atoms in total. The third-order valence-corrected chi connectivity index (χ3v) is 6.08. The molecule has 122 valence electrons. The molecule has 1 amide bonds. The summed E-state index contributed by atoms with van der Waals surface area (Å²) in [5.41, 5.74) is 0.589. The van der Waals surface area contributed by atoms with Gasteiger partial charge in [0.2, 0.25) is 0 Å². The second-order valence-electron chi connectivity index (χ2n) is 6.40. The lowest BCUT2D eigenvalue weighted by atomic mass is 9.60. The summed E-state index contributed by atoms with van der Waals surface area (Å²) in [5, 5.41) is 0.699. The van der Waals surface area contributed by atoms with Gasteiger partial charge in [0.15, 0.2) is 0 Å². The fourth-order valence-electron chi connectivity index (χ4n) is 4.24. The van der Waals surface area contributed by atoms with E-state index in [0.717, 1.165) is 25.9 Å². The normalized spacial score (nSPS) is 26.2. The maximum atomic E-state index is 12.7. The molecule has 1 heterocycles. The van der Waals surface area contributed by atoms with Crippen LogP contribution in [0.3, 0.4) is 0 Å². The van der Waals surface area contributed by atoms with Gasteiger partial charge in [0.25, 0.3) is 5.91 Å². The van der Waals surface area contributed by atoms with E-state index in [-0.39, 0.29) is 23.5 Å². The molecule has 0 radical (unpaired) electrons. The Morgan fingerprint density at radius 3 is 2.68 bits per heavy atom. The molecule has 2 atom stereocenters. The van der Waals surface area contributed by atoms with Gasteiger partial charge in [-0.25, -0.2) is 0 Å². The number of hydrogen-bond acceptors (Lipinski definition) is 2. The average Bonchev–Trinajstić information content (AvgIpc) is 3.11. The summed E-state index contributed by atoms with van der Waals surface area (Å²) in [6, 6.07) is 1.84. The maximum absolute atomic E-state index is 12.7. The van der Waals surface area contributed by atoms with Crippen molar-refractivity contribution in [2.24, 2.45) is 5.41 Å². The minimum Gasteiger partial charge on any atom is -0.378 e. The highest BCUT2D eigenvalue weighted by Crippen LogP contribution is 2.56. The van der Waals surface area contributed by atoms with Gasteiger partial charge in [0.05, 0.1) is 11.1 Å². The number of halogens is 2. The van der Waals surface area contributed by atoms with Gasteiger partial charge in [0, 0.05) is 25.1 Å². The molecule has 2 aliphatic rings. The molecule has 0 unspecified atom stereocenters. The zero-order chi connectivity index (χ0) is 15.9. The van der Waals surface area contributed by atoms with Gasteiger partial charge < -0.3 is 14.6 Å². The highest BCUT2D eigenvalue weighted by molar-refractivity contribution is 6.41. The summed E-state index contributed by atoms with van der Waals surface area (Å²) < 4.78 is 5.92. The average molecular weight is 345 g/mol. The largest absolute Gasteiger partial charge is 0.378 e. The number of nitrogens with one attached hydrogen (secondary N) is 1. The highest BCUT2D eigenvalue weighted by atomic mass is 35.5. The number of hydrogen-bond donors (Lipinski definition) is 1. The molecular weight excluding hydrogens is 323 g/mol. The highest BCUT2D eigenvalue weighted by Gasteiger charge is 2.58. The minimum absolute atomic E-state index is 0.0555.